The van der Waals surface area contributed by atoms with Crippen LogP contribution in [0.2, 0.25) is 0 Å². The second kappa shape index (κ2) is 5.77. The molecule has 0 aromatic carbocycles. The Hall–Kier alpha value is -0.690. The fourth-order valence-corrected chi connectivity index (χ4v) is 2.39. The molecule has 3 unspecified atom stereocenters. The van der Waals surface area contributed by atoms with E-state index in [1.807, 2.05) is 13.8 Å². The van der Waals surface area contributed by atoms with Crippen molar-refractivity contribution in [2.24, 2.45) is 11.8 Å². The van der Waals surface area contributed by atoms with Crippen LogP contribution in [-0.4, -0.2) is 18.3 Å². The molecule has 0 spiro atoms. The summed E-state index contributed by atoms with van der Waals surface area (Å²) in [4.78, 5) is 0. The summed E-state index contributed by atoms with van der Waals surface area (Å²) in [5.74, 6) is 1.45. The van der Waals surface area contributed by atoms with E-state index in [0.29, 0.717) is 12.8 Å². The molecular weight excluding hydrogens is 227 g/mol. The maximum Gasteiger partial charge on any atom is 0.393 e. The predicted molar refractivity (Wildman–Crippen MR) is 62.4 cm³/mol. The summed E-state index contributed by atoms with van der Waals surface area (Å²) < 4.78 is 38.6. The molecule has 1 aliphatic rings. The Balaban J connectivity index is 2.69. The van der Waals surface area contributed by atoms with Gasteiger partial charge in [0, 0.05) is 6.04 Å². The predicted octanol–water partition coefficient (Wildman–Crippen LogP) is 3.35. The van der Waals surface area contributed by atoms with Crippen molar-refractivity contribution in [2.45, 2.75) is 57.8 Å². The topological polar surface area (TPSA) is 12.0 Å². The molecule has 0 radical (unpaired) electrons. The fourth-order valence-electron chi connectivity index (χ4n) is 2.39. The smallest absolute Gasteiger partial charge is 0.300 e. The lowest BCUT2D eigenvalue weighted by atomic mass is 9.83. The summed E-state index contributed by atoms with van der Waals surface area (Å²) in [7, 11) is 0. The molecule has 0 aliphatic heterocycles. The molecule has 1 rings (SSSR count). The van der Waals surface area contributed by atoms with Crippen LogP contribution in [0, 0.1) is 24.2 Å². The van der Waals surface area contributed by atoms with E-state index >= 15 is 0 Å². The van der Waals surface area contributed by atoms with E-state index in [-0.39, 0.29) is 18.4 Å². The van der Waals surface area contributed by atoms with Crippen LogP contribution in [0.1, 0.15) is 39.5 Å². The minimum atomic E-state index is -4.12. The Morgan fingerprint density at radius 2 is 1.82 bits per heavy atom. The van der Waals surface area contributed by atoms with E-state index in [2.05, 4.69) is 11.2 Å². The zero-order chi connectivity index (χ0) is 13.1. The lowest BCUT2D eigenvalue weighted by Gasteiger charge is -2.36. The second-order valence-corrected chi connectivity index (χ2v) is 5.09. The third-order valence-electron chi connectivity index (χ3n) is 3.43. The van der Waals surface area contributed by atoms with Gasteiger partial charge in [0.25, 0.3) is 0 Å². The first kappa shape index (κ1) is 14.4. The molecule has 4 heteroatoms. The molecule has 0 heterocycles. The van der Waals surface area contributed by atoms with E-state index in [1.165, 1.54) is 0 Å². The van der Waals surface area contributed by atoms with E-state index < -0.39 is 18.1 Å². The van der Waals surface area contributed by atoms with Crippen LogP contribution in [0.5, 0.6) is 0 Å². The van der Waals surface area contributed by atoms with Gasteiger partial charge in [-0.25, -0.2) is 0 Å². The Labute approximate surface area is 101 Å². The fraction of sp³-hybridized carbons (Fsp3) is 0.846. The number of halogens is 3. The third kappa shape index (κ3) is 3.92. The van der Waals surface area contributed by atoms with E-state index in [1.54, 1.807) is 0 Å². The molecule has 0 aromatic heterocycles. The van der Waals surface area contributed by atoms with Gasteiger partial charge in [0.15, 0.2) is 0 Å². The maximum absolute atomic E-state index is 12.9. The number of nitrogens with one attached hydrogen (secondary N) is 1. The van der Waals surface area contributed by atoms with Crippen LogP contribution in [0.3, 0.4) is 0 Å². The van der Waals surface area contributed by atoms with Gasteiger partial charge in [-0.1, -0.05) is 32.6 Å². The molecular formula is C13H20F3N. The Morgan fingerprint density at radius 1 is 1.24 bits per heavy atom. The first-order valence-corrected chi connectivity index (χ1v) is 6.15. The van der Waals surface area contributed by atoms with Crippen molar-refractivity contribution in [2.75, 3.05) is 0 Å². The van der Waals surface area contributed by atoms with Gasteiger partial charge in [0.2, 0.25) is 0 Å². The highest BCUT2D eigenvalue weighted by atomic mass is 19.4. The molecule has 0 saturated heterocycles. The maximum atomic E-state index is 12.9. The van der Waals surface area contributed by atoms with Crippen molar-refractivity contribution in [3.05, 3.63) is 0 Å². The van der Waals surface area contributed by atoms with Gasteiger partial charge in [-0.2, -0.15) is 13.2 Å². The van der Waals surface area contributed by atoms with Crippen molar-refractivity contribution in [3.8, 4) is 12.3 Å². The third-order valence-corrected chi connectivity index (χ3v) is 3.43. The summed E-state index contributed by atoms with van der Waals surface area (Å²) >= 11 is 0. The number of terminal acetylenes is 1. The van der Waals surface area contributed by atoms with Crippen molar-refractivity contribution in [3.63, 3.8) is 0 Å². The Bertz CT molecular complexity index is 277. The number of rotatable bonds is 3. The van der Waals surface area contributed by atoms with Crippen molar-refractivity contribution < 1.29 is 13.2 Å². The van der Waals surface area contributed by atoms with Crippen LogP contribution >= 0.6 is 0 Å². The summed E-state index contributed by atoms with van der Waals surface area (Å²) in [6.07, 6.45) is 3.52. The standard InChI is InChI=1S/C13H20F3N/c1-4-11(9(2)3)17-12-8-6-5-7-10(12)13(14,15)16/h1,9-12,17H,5-8H2,2-3H3. The molecule has 0 amide bonds. The van der Waals surface area contributed by atoms with Gasteiger partial charge in [-0.05, 0) is 18.8 Å². The first-order chi connectivity index (χ1) is 7.86. The number of alkyl halides is 3. The molecule has 3 atom stereocenters. The van der Waals surface area contributed by atoms with Gasteiger partial charge >= 0.3 is 6.18 Å². The lowest BCUT2D eigenvalue weighted by Crippen LogP contribution is -2.50. The summed E-state index contributed by atoms with van der Waals surface area (Å²) in [6.45, 7) is 3.84. The zero-order valence-electron chi connectivity index (χ0n) is 10.3. The molecule has 0 aromatic rings. The lowest BCUT2D eigenvalue weighted by molar-refractivity contribution is -0.189. The summed E-state index contributed by atoms with van der Waals surface area (Å²) in [6, 6.07) is -0.796. The molecule has 17 heavy (non-hydrogen) atoms. The van der Waals surface area contributed by atoms with Gasteiger partial charge in [0.05, 0.1) is 12.0 Å². The van der Waals surface area contributed by atoms with E-state index in [0.717, 1.165) is 6.42 Å². The quantitative estimate of drug-likeness (QED) is 0.754. The van der Waals surface area contributed by atoms with Crippen LogP contribution in [0.15, 0.2) is 0 Å². The average molecular weight is 247 g/mol. The highest BCUT2D eigenvalue weighted by molar-refractivity contribution is 5.03. The molecule has 1 saturated carbocycles. The minimum absolute atomic E-state index is 0.149. The van der Waals surface area contributed by atoms with Crippen LogP contribution in [0.4, 0.5) is 13.2 Å². The highest BCUT2D eigenvalue weighted by Gasteiger charge is 2.45. The summed E-state index contributed by atoms with van der Waals surface area (Å²) in [5, 5.41) is 3.01. The number of hydrogen-bond acceptors (Lipinski definition) is 1. The van der Waals surface area contributed by atoms with Crippen molar-refractivity contribution >= 4 is 0 Å². The van der Waals surface area contributed by atoms with E-state index in [4.69, 9.17) is 6.42 Å². The molecule has 1 aliphatic carbocycles. The Morgan fingerprint density at radius 3 is 2.29 bits per heavy atom. The molecule has 1 nitrogen and oxygen atoms in total. The molecule has 98 valence electrons. The van der Waals surface area contributed by atoms with Gasteiger partial charge in [0.1, 0.15) is 0 Å². The molecule has 1 fully saturated rings. The SMILES string of the molecule is C#CC(NC1CCCCC1C(F)(F)F)C(C)C. The Kier molecular flexibility index (Phi) is 4.88. The normalized spacial score (nSPS) is 27.8. The van der Waals surface area contributed by atoms with Gasteiger partial charge in [-0.15, -0.1) is 6.42 Å². The van der Waals surface area contributed by atoms with Crippen LogP contribution < -0.4 is 5.32 Å². The first-order valence-electron chi connectivity index (χ1n) is 6.15. The molecule has 0 bridgehead atoms. The van der Waals surface area contributed by atoms with Gasteiger partial charge < -0.3 is 5.32 Å². The minimum Gasteiger partial charge on any atom is -0.300 e. The van der Waals surface area contributed by atoms with Crippen LogP contribution in [0.25, 0.3) is 0 Å². The number of hydrogen-bond donors (Lipinski definition) is 1. The highest BCUT2D eigenvalue weighted by Crippen LogP contribution is 2.38. The average Bonchev–Trinajstić information content (AvgIpc) is 2.24. The summed E-state index contributed by atoms with van der Waals surface area (Å²) in [5.41, 5.74) is 0. The van der Waals surface area contributed by atoms with E-state index in [9.17, 15) is 13.2 Å². The monoisotopic (exact) mass is 247 g/mol. The molecule has 1 N–H and O–H groups in total. The zero-order valence-corrected chi connectivity index (χ0v) is 10.3. The van der Waals surface area contributed by atoms with Crippen molar-refractivity contribution in [1.29, 1.82) is 0 Å². The van der Waals surface area contributed by atoms with Gasteiger partial charge in [-0.3, -0.25) is 0 Å². The van der Waals surface area contributed by atoms with Crippen molar-refractivity contribution in [1.82, 2.24) is 5.32 Å². The largest absolute Gasteiger partial charge is 0.393 e. The second-order valence-electron chi connectivity index (χ2n) is 5.09. The van der Waals surface area contributed by atoms with Crippen LogP contribution in [-0.2, 0) is 0 Å².